The molecule has 3 heteroatoms. The molecular formula is C5H12FNO. The Hall–Kier alpha value is -0.150. The summed E-state index contributed by atoms with van der Waals surface area (Å²) >= 11 is 0. The van der Waals surface area contributed by atoms with Crippen molar-refractivity contribution < 1.29 is 9.13 Å². The van der Waals surface area contributed by atoms with Crippen LogP contribution >= 0.6 is 0 Å². The number of hydrogen-bond acceptors (Lipinski definition) is 2. The minimum atomic E-state index is -1.35. The average Bonchev–Trinajstić information content (AvgIpc) is 1.67. The fourth-order valence-electron chi connectivity index (χ4n) is 0.360. The van der Waals surface area contributed by atoms with Gasteiger partial charge in [0, 0.05) is 13.7 Å². The van der Waals surface area contributed by atoms with Gasteiger partial charge in [0.2, 0.25) is 0 Å². The second-order valence-electron chi connectivity index (χ2n) is 2.05. The van der Waals surface area contributed by atoms with E-state index in [2.05, 4.69) is 4.74 Å². The molecule has 0 saturated heterocycles. The molecule has 0 aliphatic carbocycles. The lowest BCUT2D eigenvalue weighted by molar-refractivity contribution is 0.0611. The number of ether oxygens (including phenoxy) is 1. The molecule has 0 amide bonds. The summed E-state index contributed by atoms with van der Waals surface area (Å²) < 4.78 is 17.1. The number of hydrogen-bond donors (Lipinski definition) is 1. The zero-order valence-electron chi connectivity index (χ0n) is 5.28. The molecule has 0 saturated carbocycles. The van der Waals surface area contributed by atoms with Gasteiger partial charge in [-0.15, -0.1) is 0 Å². The SMILES string of the molecule is COCC(C)(F)CN. The van der Waals surface area contributed by atoms with Gasteiger partial charge in [-0.1, -0.05) is 0 Å². The molecule has 0 aliphatic rings. The van der Waals surface area contributed by atoms with E-state index in [4.69, 9.17) is 5.73 Å². The molecule has 0 aromatic carbocycles. The Morgan fingerprint density at radius 2 is 2.25 bits per heavy atom. The van der Waals surface area contributed by atoms with Gasteiger partial charge in [-0.2, -0.15) is 0 Å². The van der Waals surface area contributed by atoms with Crippen LogP contribution in [0.3, 0.4) is 0 Å². The highest BCUT2D eigenvalue weighted by molar-refractivity contribution is 4.72. The topological polar surface area (TPSA) is 35.2 Å². The highest BCUT2D eigenvalue weighted by atomic mass is 19.1. The van der Waals surface area contributed by atoms with E-state index in [9.17, 15) is 4.39 Å². The monoisotopic (exact) mass is 121 g/mol. The Labute approximate surface area is 48.8 Å². The highest BCUT2D eigenvalue weighted by Crippen LogP contribution is 2.06. The molecule has 2 N–H and O–H groups in total. The summed E-state index contributed by atoms with van der Waals surface area (Å²) in [4.78, 5) is 0. The largest absolute Gasteiger partial charge is 0.381 e. The summed E-state index contributed by atoms with van der Waals surface area (Å²) in [5.74, 6) is 0. The van der Waals surface area contributed by atoms with E-state index in [1.165, 1.54) is 14.0 Å². The molecule has 1 atom stereocenters. The molecule has 0 bridgehead atoms. The lowest BCUT2D eigenvalue weighted by Gasteiger charge is -2.15. The van der Waals surface area contributed by atoms with Gasteiger partial charge >= 0.3 is 0 Å². The van der Waals surface area contributed by atoms with E-state index in [0.717, 1.165) is 0 Å². The first-order chi connectivity index (χ1) is 3.62. The van der Waals surface area contributed by atoms with E-state index in [1.54, 1.807) is 0 Å². The maximum Gasteiger partial charge on any atom is 0.143 e. The molecule has 0 aliphatic heterocycles. The van der Waals surface area contributed by atoms with Crippen LogP contribution in [0.25, 0.3) is 0 Å². The smallest absolute Gasteiger partial charge is 0.143 e. The quantitative estimate of drug-likeness (QED) is 0.583. The van der Waals surface area contributed by atoms with Gasteiger partial charge in [0.15, 0.2) is 0 Å². The number of halogens is 1. The normalized spacial score (nSPS) is 18.0. The third-order valence-corrected chi connectivity index (χ3v) is 0.871. The predicted octanol–water partition coefficient (Wildman–Crippen LogP) is 0.320. The first kappa shape index (κ1) is 7.85. The summed E-state index contributed by atoms with van der Waals surface area (Å²) in [5.41, 5.74) is 3.68. The van der Waals surface area contributed by atoms with Crippen LogP contribution in [0.1, 0.15) is 6.92 Å². The molecule has 0 spiro atoms. The van der Waals surface area contributed by atoms with Crippen LogP contribution in [-0.4, -0.2) is 25.9 Å². The zero-order chi connectivity index (χ0) is 6.62. The van der Waals surface area contributed by atoms with Crippen LogP contribution < -0.4 is 5.73 Å². The first-order valence-electron chi connectivity index (χ1n) is 2.50. The zero-order valence-corrected chi connectivity index (χ0v) is 5.28. The van der Waals surface area contributed by atoms with Gasteiger partial charge in [0.25, 0.3) is 0 Å². The second kappa shape index (κ2) is 2.99. The Kier molecular flexibility index (Phi) is 2.94. The summed E-state index contributed by atoms with van der Waals surface area (Å²) in [7, 11) is 1.45. The van der Waals surface area contributed by atoms with Crippen LogP contribution in [0.4, 0.5) is 4.39 Å². The summed E-state index contributed by atoms with van der Waals surface area (Å²) in [6.07, 6.45) is 0. The van der Waals surface area contributed by atoms with Crippen molar-refractivity contribution in [3.05, 3.63) is 0 Å². The van der Waals surface area contributed by atoms with Gasteiger partial charge < -0.3 is 10.5 Å². The van der Waals surface area contributed by atoms with Crippen molar-refractivity contribution in [3.63, 3.8) is 0 Å². The van der Waals surface area contributed by atoms with Gasteiger partial charge in [-0.25, -0.2) is 4.39 Å². The van der Waals surface area contributed by atoms with Crippen LogP contribution in [0.15, 0.2) is 0 Å². The van der Waals surface area contributed by atoms with Crippen LogP contribution in [0, 0.1) is 0 Å². The number of nitrogens with two attached hydrogens (primary N) is 1. The van der Waals surface area contributed by atoms with E-state index < -0.39 is 5.67 Å². The fourth-order valence-corrected chi connectivity index (χ4v) is 0.360. The van der Waals surface area contributed by atoms with Crippen molar-refractivity contribution in [1.29, 1.82) is 0 Å². The highest BCUT2D eigenvalue weighted by Gasteiger charge is 2.19. The summed E-state index contributed by atoms with van der Waals surface area (Å²) in [6, 6.07) is 0. The molecule has 2 nitrogen and oxygen atoms in total. The third kappa shape index (κ3) is 2.93. The van der Waals surface area contributed by atoms with Gasteiger partial charge in [-0.05, 0) is 6.92 Å². The van der Waals surface area contributed by atoms with Crippen molar-refractivity contribution >= 4 is 0 Å². The van der Waals surface area contributed by atoms with E-state index in [1.807, 2.05) is 0 Å². The van der Waals surface area contributed by atoms with Gasteiger partial charge in [0.1, 0.15) is 5.67 Å². The molecule has 0 radical (unpaired) electrons. The van der Waals surface area contributed by atoms with E-state index in [-0.39, 0.29) is 13.2 Å². The lowest BCUT2D eigenvalue weighted by atomic mass is 10.1. The predicted molar refractivity (Wildman–Crippen MR) is 30.4 cm³/mol. The second-order valence-corrected chi connectivity index (χ2v) is 2.05. The van der Waals surface area contributed by atoms with Crippen LogP contribution in [0.2, 0.25) is 0 Å². The van der Waals surface area contributed by atoms with E-state index >= 15 is 0 Å². The Morgan fingerprint density at radius 3 is 2.38 bits per heavy atom. The standard InChI is InChI=1S/C5H12FNO/c1-5(6,3-7)4-8-2/h3-4,7H2,1-2H3. The maximum atomic E-state index is 12.6. The Bertz CT molecular complexity index is 65.4. The van der Waals surface area contributed by atoms with Crippen LogP contribution in [-0.2, 0) is 4.74 Å². The molecule has 1 unspecified atom stereocenters. The number of alkyl halides is 1. The third-order valence-electron chi connectivity index (χ3n) is 0.871. The summed E-state index contributed by atoms with van der Waals surface area (Å²) in [6.45, 7) is 1.50. The van der Waals surface area contributed by atoms with Gasteiger partial charge in [0.05, 0.1) is 6.61 Å². The van der Waals surface area contributed by atoms with Crippen molar-refractivity contribution in [2.24, 2.45) is 5.73 Å². The van der Waals surface area contributed by atoms with Crippen molar-refractivity contribution in [2.45, 2.75) is 12.6 Å². The lowest BCUT2D eigenvalue weighted by Crippen LogP contribution is -2.33. The molecule has 0 fully saturated rings. The molecule has 0 heterocycles. The Morgan fingerprint density at radius 1 is 1.75 bits per heavy atom. The average molecular weight is 121 g/mol. The summed E-state index contributed by atoms with van der Waals surface area (Å²) in [5, 5.41) is 0. The number of rotatable bonds is 3. The molecule has 0 aromatic heterocycles. The number of methoxy groups -OCH3 is 1. The minimum absolute atomic E-state index is 0.0147. The molecule has 8 heavy (non-hydrogen) atoms. The fraction of sp³-hybridized carbons (Fsp3) is 1.00. The molecular weight excluding hydrogens is 109 g/mol. The minimum Gasteiger partial charge on any atom is -0.381 e. The van der Waals surface area contributed by atoms with E-state index in [0.29, 0.717) is 0 Å². The van der Waals surface area contributed by atoms with Crippen molar-refractivity contribution in [3.8, 4) is 0 Å². The molecule has 0 rings (SSSR count). The maximum absolute atomic E-state index is 12.6. The molecule has 0 aromatic rings. The van der Waals surface area contributed by atoms with Crippen molar-refractivity contribution in [1.82, 2.24) is 0 Å². The van der Waals surface area contributed by atoms with Crippen LogP contribution in [0.5, 0.6) is 0 Å². The van der Waals surface area contributed by atoms with Crippen molar-refractivity contribution in [2.75, 3.05) is 20.3 Å². The first-order valence-corrected chi connectivity index (χ1v) is 2.50. The van der Waals surface area contributed by atoms with Gasteiger partial charge in [-0.3, -0.25) is 0 Å². The Balaban J connectivity index is 3.37. The molecule has 50 valence electrons.